The van der Waals surface area contributed by atoms with Gasteiger partial charge in [0.25, 0.3) is 0 Å². The van der Waals surface area contributed by atoms with Gasteiger partial charge in [-0.25, -0.2) is 4.39 Å². The molecule has 1 fully saturated rings. The molecule has 1 aliphatic rings. The monoisotopic (exact) mass is 412 g/mol. The van der Waals surface area contributed by atoms with Gasteiger partial charge in [-0.2, -0.15) is 5.26 Å². The molecule has 0 radical (unpaired) electrons. The summed E-state index contributed by atoms with van der Waals surface area (Å²) in [6.07, 6.45) is 3.28. The number of hydrogen-bond donors (Lipinski definition) is 1. The van der Waals surface area contributed by atoms with Crippen LogP contribution in [0.2, 0.25) is 0 Å². The SMILES string of the molecule is CC(C)N1CCC(Oc2cc3cc(C(=O)/C(C#N)=C/CN(C)C)[nH]c3cc2F)CC1. The summed E-state index contributed by atoms with van der Waals surface area (Å²) in [5.41, 5.74) is 0.824. The number of piperidine rings is 1. The predicted molar refractivity (Wildman–Crippen MR) is 115 cm³/mol. The highest BCUT2D eigenvalue weighted by molar-refractivity contribution is 6.12. The number of carbonyl (C=O) groups excluding carboxylic acids is 1. The van der Waals surface area contributed by atoms with Crippen molar-refractivity contribution >= 4 is 16.7 Å². The number of rotatable bonds is 7. The van der Waals surface area contributed by atoms with E-state index < -0.39 is 11.6 Å². The standard InChI is InChI=1S/C23H29FN4O2/c1-15(2)28-9-6-18(7-10-28)30-22-12-17-11-21(26-20(17)13-19(22)24)23(29)16(14-25)5-8-27(3)4/h5,11-13,15,18,26H,6-10H2,1-4H3/b16-5+. The Balaban J connectivity index is 1.77. The number of nitrogens with zero attached hydrogens (tertiary/aromatic N) is 3. The summed E-state index contributed by atoms with van der Waals surface area (Å²) < 4.78 is 20.6. The molecule has 30 heavy (non-hydrogen) atoms. The number of carbonyl (C=O) groups is 1. The van der Waals surface area contributed by atoms with Gasteiger partial charge in [0.05, 0.1) is 11.3 Å². The van der Waals surface area contributed by atoms with Crippen LogP contribution >= 0.6 is 0 Å². The van der Waals surface area contributed by atoms with Crippen molar-refractivity contribution in [2.24, 2.45) is 0 Å². The maximum absolute atomic E-state index is 14.6. The molecular formula is C23H29FN4O2. The molecule has 2 heterocycles. The van der Waals surface area contributed by atoms with Crippen LogP contribution in [0.3, 0.4) is 0 Å². The molecule has 0 unspecified atom stereocenters. The van der Waals surface area contributed by atoms with Crippen molar-refractivity contribution in [3.8, 4) is 11.8 Å². The average Bonchev–Trinajstić information content (AvgIpc) is 3.11. The summed E-state index contributed by atoms with van der Waals surface area (Å²) >= 11 is 0. The van der Waals surface area contributed by atoms with E-state index in [2.05, 4.69) is 23.7 Å². The Bertz CT molecular complexity index is 979. The number of halogens is 1. The molecule has 1 aromatic heterocycles. The number of hydrogen-bond acceptors (Lipinski definition) is 5. The Morgan fingerprint density at radius 3 is 2.67 bits per heavy atom. The van der Waals surface area contributed by atoms with Crippen molar-refractivity contribution in [2.45, 2.75) is 38.8 Å². The van der Waals surface area contributed by atoms with Crippen molar-refractivity contribution < 1.29 is 13.9 Å². The van der Waals surface area contributed by atoms with E-state index >= 15 is 0 Å². The molecule has 1 N–H and O–H groups in total. The largest absolute Gasteiger partial charge is 0.487 e. The number of H-pyrrole nitrogens is 1. The van der Waals surface area contributed by atoms with Gasteiger partial charge < -0.3 is 19.5 Å². The molecule has 6 nitrogen and oxygen atoms in total. The average molecular weight is 413 g/mol. The number of Topliss-reactive ketones (excluding diaryl/α,β-unsaturated/α-hetero) is 1. The van der Waals surface area contributed by atoms with Gasteiger partial charge in [0.15, 0.2) is 11.6 Å². The van der Waals surface area contributed by atoms with Crippen molar-refractivity contribution in [1.29, 1.82) is 5.26 Å². The molecule has 0 bridgehead atoms. The molecule has 0 saturated carbocycles. The molecule has 0 spiro atoms. The lowest BCUT2D eigenvalue weighted by molar-refractivity contribution is 0.0817. The molecule has 1 aromatic carbocycles. The number of allylic oxidation sites excluding steroid dienone is 1. The Morgan fingerprint density at radius 2 is 2.07 bits per heavy atom. The fraction of sp³-hybridized carbons (Fsp3) is 0.478. The van der Waals surface area contributed by atoms with E-state index in [0.29, 0.717) is 23.5 Å². The summed E-state index contributed by atoms with van der Waals surface area (Å²) in [5, 5.41) is 9.99. The summed E-state index contributed by atoms with van der Waals surface area (Å²) in [6.45, 7) is 6.70. The number of likely N-dealkylation sites (tertiary alicyclic amines) is 1. The number of nitriles is 1. The zero-order chi connectivity index (χ0) is 21.8. The van der Waals surface area contributed by atoms with E-state index in [1.165, 1.54) is 6.07 Å². The normalized spacial score (nSPS) is 16.4. The number of benzene rings is 1. The number of aromatic nitrogens is 1. The third-order valence-corrected chi connectivity index (χ3v) is 5.44. The third kappa shape index (κ3) is 5.07. The van der Waals surface area contributed by atoms with Crippen LogP contribution in [0.1, 0.15) is 37.2 Å². The van der Waals surface area contributed by atoms with Gasteiger partial charge in [0.2, 0.25) is 5.78 Å². The first kappa shape index (κ1) is 22.0. The van der Waals surface area contributed by atoms with Crippen LogP contribution in [-0.4, -0.2) is 66.4 Å². The van der Waals surface area contributed by atoms with E-state index in [0.717, 1.165) is 25.9 Å². The molecular weight excluding hydrogens is 383 g/mol. The summed E-state index contributed by atoms with van der Waals surface area (Å²) in [6, 6.07) is 7.07. The number of ketones is 1. The fourth-order valence-corrected chi connectivity index (χ4v) is 3.64. The van der Waals surface area contributed by atoms with Crippen molar-refractivity contribution in [1.82, 2.24) is 14.8 Å². The first-order valence-electron chi connectivity index (χ1n) is 10.3. The zero-order valence-electron chi connectivity index (χ0n) is 18.0. The quantitative estimate of drug-likeness (QED) is 0.426. The molecule has 1 aliphatic heterocycles. The van der Waals surface area contributed by atoms with Crippen molar-refractivity contribution in [3.63, 3.8) is 0 Å². The Labute approximate surface area is 176 Å². The van der Waals surface area contributed by atoms with E-state index in [1.54, 1.807) is 18.2 Å². The minimum atomic E-state index is -0.460. The summed E-state index contributed by atoms with van der Waals surface area (Å²) in [4.78, 5) is 19.8. The number of fused-ring (bicyclic) bond motifs is 1. The third-order valence-electron chi connectivity index (χ3n) is 5.44. The van der Waals surface area contributed by atoms with Crippen LogP contribution in [0.4, 0.5) is 4.39 Å². The number of aromatic amines is 1. The second-order valence-corrected chi connectivity index (χ2v) is 8.32. The van der Waals surface area contributed by atoms with Crippen LogP contribution in [0.5, 0.6) is 5.75 Å². The second kappa shape index (κ2) is 9.41. The molecule has 2 aromatic rings. The Hall–Kier alpha value is -2.69. The Morgan fingerprint density at radius 1 is 1.37 bits per heavy atom. The molecule has 0 atom stereocenters. The maximum Gasteiger partial charge on any atom is 0.219 e. The van der Waals surface area contributed by atoms with E-state index in [1.807, 2.05) is 25.1 Å². The minimum absolute atomic E-state index is 0.0221. The highest BCUT2D eigenvalue weighted by atomic mass is 19.1. The van der Waals surface area contributed by atoms with Gasteiger partial charge in [-0.15, -0.1) is 0 Å². The Kier molecular flexibility index (Phi) is 6.91. The van der Waals surface area contributed by atoms with Crippen LogP contribution < -0.4 is 4.74 Å². The zero-order valence-corrected chi connectivity index (χ0v) is 18.0. The van der Waals surface area contributed by atoms with Crippen LogP contribution in [-0.2, 0) is 0 Å². The smallest absolute Gasteiger partial charge is 0.219 e. The highest BCUT2D eigenvalue weighted by Crippen LogP contribution is 2.28. The maximum atomic E-state index is 14.6. The minimum Gasteiger partial charge on any atom is -0.487 e. The van der Waals surface area contributed by atoms with Crippen LogP contribution in [0, 0.1) is 17.1 Å². The lowest BCUT2D eigenvalue weighted by atomic mass is 10.1. The number of likely N-dealkylation sites (N-methyl/N-ethyl adjacent to an activating group) is 1. The number of nitrogens with one attached hydrogen (secondary N) is 1. The lowest BCUT2D eigenvalue weighted by Crippen LogP contribution is -2.41. The van der Waals surface area contributed by atoms with Crippen LogP contribution in [0.25, 0.3) is 10.9 Å². The van der Waals surface area contributed by atoms with Gasteiger partial charge in [-0.1, -0.05) is 0 Å². The fourth-order valence-electron chi connectivity index (χ4n) is 3.64. The van der Waals surface area contributed by atoms with Gasteiger partial charge in [-0.3, -0.25) is 4.79 Å². The molecule has 0 aliphatic carbocycles. The first-order valence-corrected chi connectivity index (χ1v) is 10.3. The van der Waals surface area contributed by atoms with Gasteiger partial charge in [0.1, 0.15) is 12.2 Å². The van der Waals surface area contributed by atoms with Gasteiger partial charge in [-0.05, 0) is 59.0 Å². The lowest BCUT2D eigenvalue weighted by Gasteiger charge is -2.34. The second-order valence-electron chi connectivity index (χ2n) is 8.32. The van der Waals surface area contributed by atoms with Gasteiger partial charge >= 0.3 is 0 Å². The molecule has 3 rings (SSSR count). The number of ether oxygens (including phenoxy) is 1. The molecule has 160 valence electrons. The summed E-state index contributed by atoms with van der Waals surface area (Å²) in [7, 11) is 3.71. The van der Waals surface area contributed by atoms with E-state index in [4.69, 9.17) is 4.74 Å². The van der Waals surface area contributed by atoms with Crippen LogP contribution in [0.15, 0.2) is 29.8 Å². The van der Waals surface area contributed by atoms with E-state index in [-0.39, 0.29) is 23.1 Å². The summed E-state index contributed by atoms with van der Waals surface area (Å²) in [5.74, 6) is -0.662. The molecule has 7 heteroatoms. The highest BCUT2D eigenvalue weighted by Gasteiger charge is 2.23. The first-order chi connectivity index (χ1) is 14.3. The topological polar surface area (TPSA) is 72.4 Å². The molecule has 1 saturated heterocycles. The predicted octanol–water partition coefficient (Wildman–Crippen LogP) is 3.75. The molecule has 0 amide bonds. The van der Waals surface area contributed by atoms with Crippen molar-refractivity contribution in [2.75, 3.05) is 33.7 Å². The van der Waals surface area contributed by atoms with Gasteiger partial charge in [0, 0.05) is 42.6 Å². The van der Waals surface area contributed by atoms with E-state index in [9.17, 15) is 14.4 Å². The van der Waals surface area contributed by atoms with Crippen molar-refractivity contribution in [3.05, 3.63) is 41.4 Å².